The fourth-order valence-electron chi connectivity index (χ4n) is 4.13. The minimum atomic E-state index is -4.48. The maximum absolute atomic E-state index is 13.8. The third-order valence-electron chi connectivity index (χ3n) is 5.73. The Morgan fingerprint density at radius 3 is 2.12 bits per heavy atom. The van der Waals surface area contributed by atoms with Gasteiger partial charge < -0.3 is 5.32 Å². The minimum absolute atomic E-state index is 0.0384. The molecule has 0 saturated heterocycles. The summed E-state index contributed by atoms with van der Waals surface area (Å²) in [6.07, 6.45) is -4.48. The molecule has 0 spiro atoms. The van der Waals surface area contributed by atoms with Gasteiger partial charge in [-0.2, -0.15) is 18.3 Å². The molecule has 0 saturated carbocycles. The Morgan fingerprint density at radius 2 is 1.41 bits per heavy atom. The second kappa shape index (κ2) is 9.06. The molecule has 170 valence electrons. The van der Waals surface area contributed by atoms with Gasteiger partial charge in [-0.3, -0.25) is 4.68 Å². The van der Waals surface area contributed by atoms with E-state index in [1.54, 1.807) is 10.7 Å². The summed E-state index contributed by atoms with van der Waals surface area (Å²) >= 11 is 0. The molecule has 6 heteroatoms. The Hall–Kier alpha value is -4.06. The molecule has 5 aromatic rings. The number of nitrogens with one attached hydrogen (secondary N) is 1. The second-order valence-corrected chi connectivity index (χ2v) is 8.11. The number of halogens is 3. The van der Waals surface area contributed by atoms with E-state index < -0.39 is 11.7 Å². The molecule has 5 rings (SSSR count). The summed E-state index contributed by atoms with van der Waals surface area (Å²) in [5.41, 5.74) is 3.68. The third kappa shape index (κ3) is 4.53. The molecule has 3 nitrogen and oxygen atoms in total. The summed E-state index contributed by atoms with van der Waals surface area (Å²) < 4.78 is 42.9. The first kappa shape index (κ1) is 21.8. The average Bonchev–Trinajstić information content (AvgIpc) is 3.21. The highest BCUT2D eigenvalue weighted by atomic mass is 19.4. The number of nitrogens with zero attached hydrogens (tertiary/aromatic N) is 2. The van der Waals surface area contributed by atoms with Gasteiger partial charge in [-0.1, -0.05) is 84.9 Å². The van der Waals surface area contributed by atoms with E-state index in [1.165, 1.54) is 6.07 Å². The number of fused-ring (bicyclic) bond motifs is 1. The predicted molar refractivity (Wildman–Crippen MR) is 129 cm³/mol. The fourth-order valence-corrected chi connectivity index (χ4v) is 4.13. The molecule has 0 amide bonds. The van der Waals surface area contributed by atoms with E-state index in [0.29, 0.717) is 24.2 Å². The van der Waals surface area contributed by atoms with E-state index in [0.717, 1.165) is 28.4 Å². The van der Waals surface area contributed by atoms with E-state index in [4.69, 9.17) is 0 Å². The Morgan fingerprint density at radius 1 is 0.735 bits per heavy atom. The molecule has 0 atom stereocenters. The van der Waals surface area contributed by atoms with E-state index in [2.05, 4.69) is 10.4 Å². The number of hydrogen-bond donors (Lipinski definition) is 1. The molecule has 0 radical (unpaired) electrons. The highest BCUT2D eigenvalue weighted by Crippen LogP contribution is 2.38. The van der Waals surface area contributed by atoms with Gasteiger partial charge in [0.1, 0.15) is 5.52 Å². The quantitative estimate of drug-likeness (QED) is 0.288. The highest BCUT2D eigenvalue weighted by molar-refractivity contribution is 5.95. The topological polar surface area (TPSA) is 29.9 Å². The van der Waals surface area contributed by atoms with Gasteiger partial charge in [-0.15, -0.1) is 0 Å². The van der Waals surface area contributed by atoms with Crippen molar-refractivity contribution >= 4 is 16.6 Å². The van der Waals surface area contributed by atoms with Gasteiger partial charge in [0.25, 0.3) is 0 Å². The zero-order valence-corrected chi connectivity index (χ0v) is 18.3. The van der Waals surface area contributed by atoms with Gasteiger partial charge in [0.2, 0.25) is 0 Å². The number of rotatable bonds is 6. The monoisotopic (exact) mass is 457 g/mol. The first-order chi connectivity index (χ1) is 16.5. The minimum Gasteiger partial charge on any atom is -0.381 e. The molecule has 34 heavy (non-hydrogen) atoms. The van der Waals surface area contributed by atoms with Crippen molar-refractivity contribution in [3.05, 3.63) is 120 Å². The highest BCUT2D eigenvalue weighted by Gasteiger charge is 2.34. The number of anilines is 1. The van der Waals surface area contributed by atoms with Gasteiger partial charge in [0.05, 0.1) is 17.8 Å². The molecule has 0 aliphatic rings. The van der Waals surface area contributed by atoms with Crippen LogP contribution >= 0.6 is 0 Å². The smallest absolute Gasteiger partial charge is 0.381 e. The average molecular weight is 457 g/mol. The summed E-state index contributed by atoms with van der Waals surface area (Å²) in [5, 5.41) is 8.33. The van der Waals surface area contributed by atoms with Crippen LogP contribution in [0.25, 0.3) is 22.2 Å². The molecule has 1 heterocycles. The maximum atomic E-state index is 13.8. The van der Waals surface area contributed by atoms with Crippen molar-refractivity contribution in [2.24, 2.45) is 0 Å². The van der Waals surface area contributed by atoms with Gasteiger partial charge in [-0.05, 0) is 29.3 Å². The molecule has 0 unspecified atom stereocenters. The zero-order valence-electron chi connectivity index (χ0n) is 18.3. The Balaban J connectivity index is 1.59. The van der Waals surface area contributed by atoms with Crippen molar-refractivity contribution in [2.45, 2.75) is 19.3 Å². The van der Waals surface area contributed by atoms with E-state index in [9.17, 15) is 13.2 Å². The lowest BCUT2D eigenvalue weighted by molar-refractivity contribution is -0.136. The lowest BCUT2D eigenvalue weighted by atomic mass is 10.0. The van der Waals surface area contributed by atoms with Gasteiger partial charge in [0.15, 0.2) is 0 Å². The van der Waals surface area contributed by atoms with Crippen LogP contribution in [-0.4, -0.2) is 9.78 Å². The largest absolute Gasteiger partial charge is 0.418 e. The van der Waals surface area contributed by atoms with E-state index >= 15 is 0 Å². The number of aromatic nitrogens is 2. The molecular formula is C28H22F3N3. The lowest BCUT2D eigenvalue weighted by Gasteiger charge is -2.11. The van der Waals surface area contributed by atoms with Crippen LogP contribution < -0.4 is 5.32 Å². The number of benzene rings is 4. The Labute approximate surface area is 195 Å². The van der Waals surface area contributed by atoms with Gasteiger partial charge in [0, 0.05) is 23.2 Å². The SMILES string of the molecule is FC(F)(F)c1cccc2c(-c3cccc(NCc4ccccc4)c3)n(Cc3ccccc3)nc12. The maximum Gasteiger partial charge on any atom is 0.418 e. The zero-order chi connectivity index (χ0) is 23.5. The van der Waals surface area contributed by atoms with E-state index in [-0.39, 0.29) is 5.52 Å². The number of alkyl halides is 3. The normalized spacial score (nSPS) is 11.6. The van der Waals surface area contributed by atoms with Crippen molar-refractivity contribution < 1.29 is 13.2 Å². The molecule has 1 aromatic heterocycles. The van der Waals surface area contributed by atoms with Crippen LogP contribution in [0, 0.1) is 0 Å². The van der Waals surface area contributed by atoms with Crippen molar-refractivity contribution in [1.82, 2.24) is 9.78 Å². The summed E-state index contributed by atoms with van der Waals surface area (Å²) in [6, 6.07) is 31.6. The van der Waals surface area contributed by atoms with Crippen molar-refractivity contribution in [2.75, 3.05) is 5.32 Å². The first-order valence-corrected chi connectivity index (χ1v) is 11.0. The third-order valence-corrected chi connectivity index (χ3v) is 5.73. The van der Waals surface area contributed by atoms with Gasteiger partial charge >= 0.3 is 6.18 Å². The second-order valence-electron chi connectivity index (χ2n) is 8.11. The first-order valence-electron chi connectivity index (χ1n) is 11.0. The van der Waals surface area contributed by atoms with E-state index in [1.807, 2.05) is 84.9 Å². The molecule has 0 aliphatic carbocycles. The molecule has 4 aromatic carbocycles. The Kier molecular flexibility index (Phi) is 5.80. The van der Waals surface area contributed by atoms with Crippen molar-refractivity contribution in [3.8, 4) is 11.3 Å². The standard InChI is InChI=1S/C28H22F3N3/c29-28(30,31)25-16-8-15-24-26(25)33-34(19-21-11-5-2-6-12-21)27(24)22-13-7-14-23(17-22)32-18-20-9-3-1-4-10-20/h1-17,32H,18-19H2. The van der Waals surface area contributed by atoms with Gasteiger partial charge in [-0.25, -0.2) is 0 Å². The lowest BCUT2D eigenvalue weighted by Crippen LogP contribution is -2.06. The van der Waals surface area contributed by atoms with Crippen LogP contribution in [0.15, 0.2) is 103 Å². The molecule has 0 bridgehead atoms. The Bertz CT molecular complexity index is 1410. The van der Waals surface area contributed by atoms with Crippen molar-refractivity contribution in [3.63, 3.8) is 0 Å². The summed E-state index contributed by atoms with van der Waals surface area (Å²) in [6.45, 7) is 1.01. The van der Waals surface area contributed by atoms with Crippen LogP contribution in [0.2, 0.25) is 0 Å². The summed E-state index contributed by atoms with van der Waals surface area (Å²) in [5.74, 6) is 0. The molecule has 0 fully saturated rings. The molecule has 0 aliphatic heterocycles. The molecular weight excluding hydrogens is 435 g/mol. The fraction of sp³-hybridized carbons (Fsp3) is 0.107. The predicted octanol–water partition coefficient (Wildman–Crippen LogP) is 7.38. The van der Waals surface area contributed by atoms with Crippen LogP contribution in [0.5, 0.6) is 0 Å². The molecule has 1 N–H and O–H groups in total. The summed E-state index contributed by atoms with van der Waals surface area (Å²) in [7, 11) is 0. The van der Waals surface area contributed by atoms with Crippen LogP contribution in [0.1, 0.15) is 16.7 Å². The summed E-state index contributed by atoms with van der Waals surface area (Å²) in [4.78, 5) is 0. The van der Waals surface area contributed by atoms with Crippen LogP contribution in [0.3, 0.4) is 0 Å². The van der Waals surface area contributed by atoms with Crippen LogP contribution in [-0.2, 0) is 19.3 Å². The van der Waals surface area contributed by atoms with Crippen LogP contribution in [0.4, 0.5) is 18.9 Å². The number of hydrogen-bond acceptors (Lipinski definition) is 2. The van der Waals surface area contributed by atoms with Crippen molar-refractivity contribution in [1.29, 1.82) is 0 Å².